The zero-order chi connectivity index (χ0) is 19.6. The number of benzene rings is 2. The van der Waals surface area contributed by atoms with Crippen molar-refractivity contribution >= 4 is 11.8 Å². The molecule has 0 aromatic heterocycles. The van der Waals surface area contributed by atoms with E-state index < -0.39 is 0 Å². The van der Waals surface area contributed by atoms with Gasteiger partial charge in [0, 0.05) is 6.54 Å². The number of nitrogens with zero attached hydrogens (tertiary/aromatic N) is 1. The maximum Gasteiger partial charge on any atom is 0.261 e. The van der Waals surface area contributed by atoms with Gasteiger partial charge in [-0.1, -0.05) is 42.5 Å². The molecule has 1 heterocycles. The van der Waals surface area contributed by atoms with Crippen molar-refractivity contribution in [1.29, 1.82) is 0 Å². The smallest absolute Gasteiger partial charge is 0.261 e. The third kappa shape index (κ3) is 2.56. The number of amides is 2. The van der Waals surface area contributed by atoms with Gasteiger partial charge in [-0.15, -0.1) is 0 Å². The molecule has 148 valence electrons. The van der Waals surface area contributed by atoms with E-state index in [9.17, 15) is 9.59 Å². The van der Waals surface area contributed by atoms with E-state index in [4.69, 9.17) is 0 Å². The number of imide groups is 1. The number of carbonyl (C=O) groups is 2. The van der Waals surface area contributed by atoms with E-state index in [0.717, 1.165) is 24.2 Å². The van der Waals surface area contributed by atoms with Gasteiger partial charge in [-0.3, -0.25) is 14.5 Å². The molecule has 3 nitrogen and oxygen atoms in total. The topological polar surface area (TPSA) is 37.4 Å². The maximum absolute atomic E-state index is 12.9. The average molecular weight is 386 g/mol. The van der Waals surface area contributed by atoms with Crippen LogP contribution in [0.2, 0.25) is 0 Å². The molecule has 1 aliphatic heterocycles. The van der Waals surface area contributed by atoms with Crippen LogP contribution in [0.15, 0.2) is 54.6 Å². The molecule has 3 heteroatoms. The quantitative estimate of drug-likeness (QED) is 0.671. The highest BCUT2D eigenvalue weighted by Crippen LogP contribution is 2.67. The first-order valence-electron chi connectivity index (χ1n) is 11.1. The summed E-state index contributed by atoms with van der Waals surface area (Å²) in [7, 11) is 0. The van der Waals surface area contributed by atoms with Gasteiger partial charge in [0.1, 0.15) is 0 Å². The molecule has 29 heavy (non-hydrogen) atoms. The molecule has 0 N–H and O–H groups in total. The normalized spacial score (nSPS) is 34.7. The van der Waals surface area contributed by atoms with Gasteiger partial charge in [0.05, 0.1) is 11.1 Å². The van der Waals surface area contributed by atoms with Crippen LogP contribution >= 0.6 is 0 Å². The number of fused-ring (bicyclic) bond motifs is 1. The summed E-state index contributed by atoms with van der Waals surface area (Å²) in [5.74, 6) is 2.82. The van der Waals surface area contributed by atoms with Crippen LogP contribution in [-0.2, 0) is 0 Å². The molecular formula is C26H27NO2. The Bertz CT molecular complexity index is 932. The highest BCUT2D eigenvalue weighted by molar-refractivity contribution is 6.21. The fourth-order valence-corrected chi connectivity index (χ4v) is 7.63. The highest BCUT2D eigenvalue weighted by Gasteiger charge is 2.57. The Kier molecular flexibility index (Phi) is 3.78. The van der Waals surface area contributed by atoms with Crippen molar-refractivity contribution in [2.45, 2.75) is 44.4 Å². The Morgan fingerprint density at radius 1 is 0.793 bits per heavy atom. The second-order valence-electron chi connectivity index (χ2n) is 9.92. The fraction of sp³-hybridized carbons (Fsp3) is 0.462. The van der Waals surface area contributed by atoms with Gasteiger partial charge in [-0.2, -0.15) is 0 Å². The molecule has 4 saturated carbocycles. The molecule has 0 radical (unpaired) electrons. The molecule has 5 aliphatic rings. The minimum Gasteiger partial charge on any atom is -0.274 e. The lowest BCUT2D eigenvalue weighted by molar-refractivity contribution is -0.0815. The van der Waals surface area contributed by atoms with Gasteiger partial charge in [0.25, 0.3) is 11.8 Å². The van der Waals surface area contributed by atoms with Crippen LogP contribution in [0.4, 0.5) is 0 Å². The Labute approximate surface area is 172 Å². The average Bonchev–Trinajstić information content (AvgIpc) is 2.97. The Morgan fingerprint density at radius 2 is 1.38 bits per heavy atom. The van der Waals surface area contributed by atoms with Gasteiger partial charge in [-0.05, 0) is 85.3 Å². The van der Waals surface area contributed by atoms with E-state index >= 15 is 0 Å². The first-order valence-corrected chi connectivity index (χ1v) is 11.1. The van der Waals surface area contributed by atoms with Gasteiger partial charge in [-0.25, -0.2) is 0 Å². The first-order chi connectivity index (χ1) is 14.1. The summed E-state index contributed by atoms with van der Waals surface area (Å²) >= 11 is 0. The van der Waals surface area contributed by atoms with Crippen LogP contribution in [0.1, 0.15) is 70.7 Å². The standard InChI is InChI=1S/C26H27NO2/c28-24-21-8-4-5-9-22(21)25(29)27(24)11-10-26-15-17-12-18(16-26)14-20(13-17)23(26)19-6-2-1-3-7-19/h1-9,17-18,20,23H,10-16H2. The van der Waals surface area contributed by atoms with Crippen molar-refractivity contribution in [3.05, 3.63) is 71.3 Å². The lowest BCUT2D eigenvalue weighted by atomic mass is 9.43. The van der Waals surface area contributed by atoms with Crippen molar-refractivity contribution < 1.29 is 9.59 Å². The van der Waals surface area contributed by atoms with Crippen LogP contribution in [0.5, 0.6) is 0 Å². The van der Waals surface area contributed by atoms with E-state index in [1.54, 1.807) is 12.1 Å². The van der Waals surface area contributed by atoms with Gasteiger partial charge in [0.2, 0.25) is 0 Å². The summed E-state index contributed by atoms with van der Waals surface area (Å²) in [5.41, 5.74) is 2.86. The van der Waals surface area contributed by atoms with E-state index in [-0.39, 0.29) is 17.2 Å². The third-order valence-corrected chi connectivity index (χ3v) is 8.33. The second kappa shape index (κ2) is 6.29. The van der Waals surface area contributed by atoms with E-state index in [1.807, 2.05) is 12.1 Å². The largest absolute Gasteiger partial charge is 0.274 e. The molecule has 3 unspecified atom stereocenters. The number of rotatable bonds is 4. The zero-order valence-corrected chi connectivity index (χ0v) is 16.7. The summed E-state index contributed by atoms with van der Waals surface area (Å²) < 4.78 is 0. The summed E-state index contributed by atoms with van der Waals surface area (Å²) in [6, 6.07) is 18.3. The first kappa shape index (κ1) is 17.4. The number of hydrogen-bond donors (Lipinski definition) is 0. The van der Waals surface area contributed by atoms with Gasteiger partial charge in [0.15, 0.2) is 0 Å². The molecule has 4 aliphatic carbocycles. The SMILES string of the molecule is O=C1c2ccccc2C(=O)N1CCC12CC3CC(CC(C3)C1c1ccccc1)C2. The maximum atomic E-state index is 12.9. The van der Waals surface area contributed by atoms with Crippen LogP contribution in [0.25, 0.3) is 0 Å². The zero-order valence-electron chi connectivity index (χ0n) is 16.7. The molecular weight excluding hydrogens is 358 g/mol. The fourth-order valence-electron chi connectivity index (χ4n) is 7.63. The summed E-state index contributed by atoms with van der Waals surface area (Å²) in [5, 5.41) is 0. The van der Waals surface area contributed by atoms with E-state index in [1.165, 1.54) is 42.6 Å². The van der Waals surface area contributed by atoms with Crippen molar-refractivity contribution in [3.8, 4) is 0 Å². The summed E-state index contributed by atoms with van der Waals surface area (Å²) in [4.78, 5) is 27.3. The van der Waals surface area contributed by atoms with Crippen molar-refractivity contribution in [1.82, 2.24) is 4.90 Å². The van der Waals surface area contributed by atoms with Gasteiger partial charge < -0.3 is 0 Å². The molecule has 3 atom stereocenters. The van der Waals surface area contributed by atoms with Crippen LogP contribution in [0, 0.1) is 23.2 Å². The van der Waals surface area contributed by atoms with Crippen molar-refractivity contribution in [3.63, 3.8) is 0 Å². The second-order valence-corrected chi connectivity index (χ2v) is 9.92. The van der Waals surface area contributed by atoms with E-state index in [0.29, 0.717) is 23.6 Å². The van der Waals surface area contributed by atoms with Gasteiger partial charge >= 0.3 is 0 Å². The lowest BCUT2D eigenvalue weighted by Gasteiger charge is -2.62. The Hall–Kier alpha value is -2.42. The predicted molar refractivity (Wildman–Crippen MR) is 112 cm³/mol. The van der Waals surface area contributed by atoms with E-state index in [2.05, 4.69) is 30.3 Å². The minimum atomic E-state index is -0.105. The molecule has 0 saturated heterocycles. The van der Waals surface area contributed by atoms with Crippen LogP contribution in [0.3, 0.4) is 0 Å². The monoisotopic (exact) mass is 385 g/mol. The van der Waals surface area contributed by atoms with Crippen LogP contribution in [-0.4, -0.2) is 23.3 Å². The Balaban J connectivity index is 1.31. The highest BCUT2D eigenvalue weighted by atomic mass is 16.2. The third-order valence-electron chi connectivity index (χ3n) is 8.33. The van der Waals surface area contributed by atoms with Crippen molar-refractivity contribution in [2.24, 2.45) is 23.2 Å². The molecule has 4 fully saturated rings. The lowest BCUT2D eigenvalue weighted by Crippen LogP contribution is -2.52. The predicted octanol–water partition coefficient (Wildman–Crippen LogP) is 5.28. The van der Waals surface area contributed by atoms with Crippen molar-refractivity contribution in [2.75, 3.05) is 6.54 Å². The molecule has 0 spiro atoms. The van der Waals surface area contributed by atoms with Crippen LogP contribution < -0.4 is 0 Å². The molecule has 7 rings (SSSR count). The summed E-state index contributed by atoms with van der Waals surface area (Å²) in [6.07, 6.45) is 7.61. The molecule has 2 amide bonds. The molecule has 2 aromatic carbocycles. The molecule has 4 bridgehead atoms. The number of carbonyl (C=O) groups excluding carboxylic acids is 2. The summed E-state index contributed by atoms with van der Waals surface area (Å²) in [6.45, 7) is 0.557. The minimum absolute atomic E-state index is 0.105. The Morgan fingerprint density at radius 3 is 2.00 bits per heavy atom. The molecule has 2 aromatic rings. The number of hydrogen-bond acceptors (Lipinski definition) is 2.